The predicted molar refractivity (Wildman–Crippen MR) is 198 cm³/mol. The molecule has 3 aromatic rings. The van der Waals surface area contributed by atoms with Crippen LogP contribution in [0.1, 0.15) is 119 Å². The van der Waals surface area contributed by atoms with Gasteiger partial charge in [0.05, 0.1) is 52.5 Å². The van der Waals surface area contributed by atoms with Gasteiger partial charge in [-0.3, -0.25) is 4.98 Å². The third-order valence-electron chi connectivity index (χ3n) is 11.6. The summed E-state index contributed by atoms with van der Waals surface area (Å²) in [6.07, 6.45) is 7.01. The Balaban J connectivity index is 1.91. The Labute approximate surface area is 294 Å². The molecular formula is C42H44N8. The molecule has 6 rings (SSSR count). The summed E-state index contributed by atoms with van der Waals surface area (Å²) < 4.78 is 0. The maximum absolute atomic E-state index is 11.0. The minimum Gasteiger partial charge on any atom is -0.355 e. The maximum Gasteiger partial charge on any atom is 0.190 e. The molecule has 3 aromatic heterocycles. The first-order chi connectivity index (χ1) is 24.2. The molecule has 1 aliphatic carbocycles. The van der Waals surface area contributed by atoms with Gasteiger partial charge in [0.25, 0.3) is 0 Å². The molecule has 50 heavy (non-hydrogen) atoms. The van der Waals surface area contributed by atoms with E-state index >= 15 is 0 Å². The molecule has 0 saturated carbocycles. The van der Waals surface area contributed by atoms with E-state index in [4.69, 9.17) is 9.97 Å². The van der Waals surface area contributed by atoms with Crippen molar-refractivity contribution >= 4 is 38.8 Å². The van der Waals surface area contributed by atoms with Gasteiger partial charge < -0.3 is 9.97 Å². The van der Waals surface area contributed by atoms with Gasteiger partial charge in [0.15, 0.2) is 10.8 Å². The highest BCUT2D eigenvalue weighted by Crippen LogP contribution is 2.65. The molecule has 5 heterocycles. The zero-order valence-electron chi connectivity index (χ0n) is 30.2. The van der Waals surface area contributed by atoms with Crippen molar-refractivity contribution in [2.75, 3.05) is 0 Å². The van der Waals surface area contributed by atoms with Crippen molar-refractivity contribution in [1.82, 2.24) is 19.9 Å². The van der Waals surface area contributed by atoms with Gasteiger partial charge in [-0.1, -0.05) is 54.5 Å². The second kappa shape index (κ2) is 12.8. The lowest BCUT2D eigenvalue weighted by Crippen LogP contribution is -2.55. The number of rotatable bonds is 7. The Morgan fingerprint density at radius 2 is 1.06 bits per heavy atom. The number of aryl methyl sites for hydroxylation is 4. The number of aromatic nitrogens is 4. The summed E-state index contributed by atoms with van der Waals surface area (Å²) in [7, 11) is 0. The first-order valence-corrected chi connectivity index (χ1v) is 18.1. The molecule has 1 unspecified atom stereocenters. The summed E-state index contributed by atoms with van der Waals surface area (Å²) in [5.74, 6) is 0. The topological polar surface area (TPSA) is 153 Å². The lowest BCUT2D eigenvalue weighted by molar-refractivity contribution is 0.180. The van der Waals surface area contributed by atoms with Gasteiger partial charge in [-0.15, -0.1) is 0 Å². The number of fused-ring (bicyclic) bond motifs is 11. The fourth-order valence-electron chi connectivity index (χ4n) is 9.18. The van der Waals surface area contributed by atoms with Crippen LogP contribution >= 0.6 is 0 Å². The van der Waals surface area contributed by atoms with E-state index in [1.54, 1.807) is 0 Å². The van der Waals surface area contributed by atoms with Crippen molar-refractivity contribution in [3.8, 4) is 24.3 Å². The third-order valence-corrected chi connectivity index (χ3v) is 11.6. The molecule has 0 saturated heterocycles. The zero-order chi connectivity index (χ0) is 36.0. The number of allylic oxidation sites excluding steroid dienone is 4. The van der Waals surface area contributed by atoms with Gasteiger partial charge in [-0.05, 0) is 108 Å². The Morgan fingerprint density at radius 3 is 1.50 bits per heavy atom. The number of nitrogens with zero attached hydrogens (tertiary/aromatic N) is 6. The summed E-state index contributed by atoms with van der Waals surface area (Å²) in [4.78, 5) is 18.0. The Bertz CT molecular complexity index is 2290. The van der Waals surface area contributed by atoms with Crippen molar-refractivity contribution in [3.05, 3.63) is 75.4 Å². The molecule has 2 aliphatic heterocycles. The number of hydrogen-bond donors (Lipinski definition) is 2. The standard InChI is InChI=1S/C42H44N8/c1-8-25-26(9-2)33-18-35-29(12-5)30(13-6)37(49-35)20-39-42(14-7)31(15-16-40(21-43,22-44)41(42,23-45)24-46)38(50-39)19-36-28(11-4)27(10-3)34(48-36)17-32(25)47-33/h15,17-20,47,49H,8-14,16H2,1-7H3. The number of aromatic amines is 2. The minimum atomic E-state index is -2.02. The molecule has 8 bridgehead atoms. The van der Waals surface area contributed by atoms with Gasteiger partial charge in [0, 0.05) is 28.5 Å². The van der Waals surface area contributed by atoms with Gasteiger partial charge in [0.2, 0.25) is 0 Å². The number of nitrogens with one attached hydrogen (secondary N) is 2. The fraction of sp³-hybridized carbons (Fsp3) is 0.429. The SMILES string of the molecule is CCC1=C(CC)c2cc3[nH]c(cc4[nH]c(cc5nc(cc1n2)C1=CCC(C#N)(C#N)C(C#N)(C#N)C15CC)c(CC)c4CC)c(CC)c3CC. The highest BCUT2D eigenvalue weighted by atomic mass is 14.9. The maximum atomic E-state index is 11.0. The molecule has 1 atom stereocenters. The molecule has 8 nitrogen and oxygen atoms in total. The monoisotopic (exact) mass is 660 g/mol. The van der Waals surface area contributed by atoms with E-state index in [0.29, 0.717) is 23.4 Å². The first kappa shape index (κ1) is 34.4. The summed E-state index contributed by atoms with van der Waals surface area (Å²) in [6.45, 7) is 14.9. The summed E-state index contributed by atoms with van der Waals surface area (Å²) >= 11 is 0. The van der Waals surface area contributed by atoms with Gasteiger partial charge >= 0.3 is 0 Å². The summed E-state index contributed by atoms with van der Waals surface area (Å²) in [6, 6.07) is 17.2. The molecule has 0 spiro atoms. The fourth-order valence-corrected chi connectivity index (χ4v) is 9.18. The van der Waals surface area contributed by atoms with Crippen LogP contribution in [-0.4, -0.2) is 19.9 Å². The normalized spacial score (nSPS) is 18.7. The summed E-state index contributed by atoms with van der Waals surface area (Å²) in [5.41, 5.74) is 9.52. The van der Waals surface area contributed by atoms with E-state index in [2.05, 4.69) is 87.9 Å². The van der Waals surface area contributed by atoms with E-state index in [1.807, 2.05) is 25.1 Å². The van der Waals surface area contributed by atoms with Crippen LogP contribution in [0.3, 0.4) is 0 Å². The van der Waals surface area contributed by atoms with Crippen molar-refractivity contribution in [2.45, 2.75) is 105 Å². The van der Waals surface area contributed by atoms with Crippen LogP contribution in [-0.2, 0) is 31.1 Å². The lowest BCUT2D eigenvalue weighted by atomic mass is 9.45. The van der Waals surface area contributed by atoms with Crippen LogP contribution in [0, 0.1) is 56.2 Å². The molecule has 0 radical (unpaired) electrons. The Kier molecular flexibility index (Phi) is 8.80. The lowest BCUT2D eigenvalue weighted by Gasteiger charge is -2.48. The van der Waals surface area contributed by atoms with Crippen molar-refractivity contribution < 1.29 is 0 Å². The van der Waals surface area contributed by atoms with Gasteiger partial charge in [-0.2, -0.15) is 21.0 Å². The van der Waals surface area contributed by atoms with E-state index < -0.39 is 16.2 Å². The average Bonchev–Trinajstić information content (AvgIpc) is 3.85. The molecule has 0 amide bonds. The van der Waals surface area contributed by atoms with Crippen molar-refractivity contribution in [3.63, 3.8) is 0 Å². The van der Waals surface area contributed by atoms with Crippen LogP contribution in [0.15, 0.2) is 30.3 Å². The molecular weight excluding hydrogens is 617 g/mol. The van der Waals surface area contributed by atoms with Gasteiger partial charge in [-0.25, -0.2) is 4.98 Å². The average molecular weight is 661 g/mol. The summed E-state index contributed by atoms with van der Waals surface area (Å²) in [5, 5.41) is 43.1. The molecule has 3 aliphatic rings. The second-order valence-electron chi connectivity index (χ2n) is 13.4. The van der Waals surface area contributed by atoms with E-state index in [0.717, 1.165) is 83.1 Å². The van der Waals surface area contributed by atoms with E-state index in [1.165, 1.54) is 22.3 Å². The van der Waals surface area contributed by atoms with E-state index in [-0.39, 0.29) is 6.42 Å². The molecule has 8 heteroatoms. The van der Waals surface area contributed by atoms with Gasteiger partial charge in [0.1, 0.15) is 0 Å². The molecule has 252 valence electrons. The second-order valence-corrected chi connectivity index (χ2v) is 13.4. The molecule has 0 aromatic carbocycles. The largest absolute Gasteiger partial charge is 0.355 e. The molecule has 0 fully saturated rings. The third kappa shape index (κ3) is 4.38. The number of hydrogen-bond acceptors (Lipinski definition) is 6. The predicted octanol–water partition coefficient (Wildman–Crippen LogP) is 9.50. The smallest absolute Gasteiger partial charge is 0.190 e. The molecule has 2 N–H and O–H groups in total. The minimum absolute atomic E-state index is 0.0526. The van der Waals surface area contributed by atoms with E-state index in [9.17, 15) is 21.0 Å². The Hall–Kier alpha value is -5.44. The number of nitriles is 4. The van der Waals surface area contributed by atoms with Crippen LogP contribution in [0.4, 0.5) is 0 Å². The highest BCUT2D eigenvalue weighted by Gasteiger charge is 2.71. The van der Waals surface area contributed by atoms with Crippen LogP contribution < -0.4 is 0 Å². The Morgan fingerprint density at radius 1 is 0.580 bits per heavy atom. The van der Waals surface area contributed by atoms with Crippen molar-refractivity contribution in [1.29, 1.82) is 21.0 Å². The highest BCUT2D eigenvalue weighted by molar-refractivity contribution is 5.94. The number of H-pyrrole nitrogens is 2. The quantitative estimate of drug-likeness (QED) is 0.257. The van der Waals surface area contributed by atoms with Crippen LogP contribution in [0.2, 0.25) is 0 Å². The van der Waals surface area contributed by atoms with Crippen LogP contribution in [0.5, 0.6) is 0 Å². The van der Waals surface area contributed by atoms with Crippen LogP contribution in [0.25, 0.3) is 38.8 Å². The first-order valence-electron chi connectivity index (χ1n) is 18.1. The van der Waals surface area contributed by atoms with Crippen molar-refractivity contribution in [2.24, 2.45) is 10.8 Å². The zero-order valence-corrected chi connectivity index (χ0v) is 30.2.